The summed E-state index contributed by atoms with van der Waals surface area (Å²) in [5.74, 6) is -0.792. The molecular weight excluding hydrogens is 200 g/mol. The van der Waals surface area contributed by atoms with Crippen LogP contribution >= 0.6 is 11.9 Å². The summed E-state index contributed by atoms with van der Waals surface area (Å²) in [4.78, 5) is 14.8. The molecule has 0 unspecified atom stereocenters. The zero-order valence-electron chi connectivity index (χ0n) is 6.36. The van der Waals surface area contributed by atoms with Crippen LogP contribution in [0.3, 0.4) is 0 Å². The van der Waals surface area contributed by atoms with Gasteiger partial charge in [0, 0.05) is 0 Å². The van der Waals surface area contributed by atoms with E-state index >= 15 is 0 Å². The highest BCUT2D eigenvalue weighted by atomic mass is 35.5. The monoisotopic (exact) mass is 206 g/mol. The number of aromatic carboxylic acids is 1. The number of carboxylic acids is 1. The van der Waals surface area contributed by atoms with E-state index in [9.17, 15) is 4.79 Å². The molecule has 1 aromatic carbocycles. The molecule has 0 bridgehead atoms. The summed E-state index contributed by atoms with van der Waals surface area (Å²) in [6, 6.07) is 5.78. The predicted molar refractivity (Wildman–Crippen MR) is 44.6 cm³/mol. The largest absolute Gasteiger partial charge is 0.478 e. The van der Waals surface area contributed by atoms with Gasteiger partial charge in [-0.25, -0.2) is 4.79 Å². The molecule has 0 aromatic heterocycles. The molecule has 3 N–H and O–H groups in total. The Labute approximate surface area is 78.9 Å². The van der Waals surface area contributed by atoms with Crippen LogP contribution in [0.15, 0.2) is 24.3 Å². The number of halogens is 1. The third kappa shape index (κ3) is 3.29. The van der Waals surface area contributed by atoms with Gasteiger partial charge in [-0.05, 0) is 18.2 Å². The van der Waals surface area contributed by atoms with E-state index < -0.39 is 5.97 Å². The van der Waals surface area contributed by atoms with E-state index in [0.29, 0.717) is 0 Å². The third-order valence-corrected chi connectivity index (χ3v) is 1.27. The predicted octanol–water partition coefficient (Wildman–Crippen LogP) is 1.02. The Kier molecular flexibility index (Phi) is 4.83. The molecule has 0 fully saturated rings. The second-order valence-corrected chi connectivity index (χ2v) is 2.11. The van der Waals surface area contributed by atoms with Crippen molar-refractivity contribution in [2.45, 2.75) is 0 Å². The molecule has 0 spiro atoms. The molecule has 1 aromatic rings. The van der Waals surface area contributed by atoms with Gasteiger partial charge in [-0.1, -0.05) is 10.5 Å². The maximum atomic E-state index is 10.4. The summed E-state index contributed by atoms with van der Waals surface area (Å²) in [7, 11) is 0. The van der Waals surface area contributed by atoms with Crippen LogP contribution < -0.4 is 4.89 Å². The molecule has 1 rings (SSSR count). The van der Waals surface area contributed by atoms with Gasteiger partial charge in [0.25, 0.3) is 0 Å². The minimum absolute atomic E-state index is 0. The third-order valence-electron chi connectivity index (χ3n) is 1.21. The Morgan fingerprint density at radius 2 is 2.15 bits per heavy atom. The number of carboxylic acid groups (broad SMARTS) is 1. The van der Waals surface area contributed by atoms with Gasteiger partial charge in [-0.15, -0.1) is 0 Å². The van der Waals surface area contributed by atoms with E-state index in [-0.39, 0.29) is 16.8 Å². The highest BCUT2D eigenvalue weighted by Crippen LogP contribution is 2.13. The first-order valence-corrected chi connectivity index (χ1v) is 3.33. The van der Waals surface area contributed by atoms with Crippen molar-refractivity contribution in [3.8, 4) is 5.75 Å². The summed E-state index contributed by atoms with van der Waals surface area (Å²) in [6.45, 7) is 0. The molecule has 0 saturated heterocycles. The Morgan fingerprint density at radius 1 is 1.46 bits per heavy atom. The van der Waals surface area contributed by atoms with Crippen molar-refractivity contribution in [1.29, 1.82) is 0 Å². The number of carbonyl (C=O) groups is 1. The summed E-state index contributed by atoms with van der Waals surface area (Å²) in [6.07, 6.45) is 0. The Morgan fingerprint density at radius 3 is 2.69 bits per heavy atom. The van der Waals surface area contributed by atoms with Gasteiger partial charge >= 0.3 is 5.97 Å². The topological polar surface area (TPSA) is 87.3 Å². The van der Waals surface area contributed by atoms with Crippen molar-refractivity contribution in [1.82, 2.24) is 0 Å². The van der Waals surface area contributed by atoms with E-state index in [1.165, 1.54) is 24.3 Å². The summed E-state index contributed by atoms with van der Waals surface area (Å²) < 4.78 is 3.84. The Bertz CT molecular complexity index is 288. The number of benzene rings is 1. The molecule has 6 heteroatoms. The number of hydrogen-bond donors (Lipinski definition) is 1. The lowest BCUT2D eigenvalue weighted by Crippen LogP contribution is -1.96. The fraction of sp³-hybridized carbons (Fsp3) is 0. The number of rotatable bonds is 3. The first-order chi connectivity index (χ1) is 5.74. The van der Waals surface area contributed by atoms with Gasteiger partial charge in [0.1, 0.15) is 11.9 Å². The molecule has 0 heterocycles. The minimum atomic E-state index is -1.03. The van der Waals surface area contributed by atoms with Gasteiger partial charge in [-0.3, -0.25) is 0 Å². The van der Waals surface area contributed by atoms with E-state index in [2.05, 4.69) is 9.33 Å². The van der Waals surface area contributed by atoms with Crippen molar-refractivity contribution in [3.63, 3.8) is 0 Å². The van der Waals surface area contributed by atoms with E-state index in [1.54, 1.807) is 0 Å². The molecular formula is C7H7ClO5. The lowest BCUT2D eigenvalue weighted by Gasteiger charge is -1.98. The maximum Gasteiger partial charge on any atom is 0.335 e. The van der Waals surface area contributed by atoms with Crippen LogP contribution in [0.1, 0.15) is 10.4 Å². The first kappa shape index (κ1) is 11.7. The standard InChI is InChI=1S/C7H5ClO4.H2O/c8-12-11-6-3-1-2-5(4-6)7(9)10;/h1-4H,(H,9,10);1H2. The van der Waals surface area contributed by atoms with Gasteiger partial charge < -0.3 is 15.5 Å². The van der Waals surface area contributed by atoms with Crippen LogP contribution in [0.4, 0.5) is 0 Å². The average Bonchev–Trinajstić information content (AvgIpc) is 2.05. The molecule has 0 amide bonds. The normalized spacial score (nSPS) is 8.69. The van der Waals surface area contributed by atoms with Crippen LogP contribution in [0.25, 0.3) is 0 Å². The minimum Gasteiger partial charge on any atom is -0.478 e. The van der Waals surface area contributed by atoms with Crippen LogP contribution in [0.2, 0.25) is 0 Å². The molecule has 0 saturated carbocycles. The van der Waals surface area contributed by atoms with Crippen LogP contribution in [0.5, 0.6) is 5.75 Å². The maximum absolute atomic E-state index is 10.4. The van der Waals surface area contributed by atoms with Crippen LogP contribution in [-0.2, 0) is 4.44 Å². The quantitative estimate of drug-likeness (QED) is 0.591. The fourth-order valence-electron chi connectivity index (χ4n) is 0.717. The molecule has 13 heavy (non-hydrogen) atoms. The molecule has 0 aliphatic heterocycles. The second-order valence-electron chi connectivity index (χ2n) is 1.98. The van der Waals surface area contributed by atoms with Gasteiger partial charge in [-0.2, -0.15) is 0 Å². The van der Waals surface area contributed by atoms with Crippen molar-refractivity contribution < 1.29 is 24.7 Å². The van der Waals surface area contributed by atoms with Crippen LogP contribution in [-0.4, -0.2) is 16.6 Å². The smallest absolute Gasteiger partial charge is 0.335 e. The molecule has 0 radical (unpaired) electrons. The van der Waals surface area contributed by atoms with Gasteiger partial charge in [0.15, 0.2) is 5.75 Å². The Balaban J connectivity index is 0.00000144. The van der Waals surface area contributed by atoms with E-state index in [4.69, 9.17) is 17.0 Å². The summed E-state index contributed by atoms with van der Waals surface area (Å²) in [5.41, 5.74) is 0.112. The first-order valence-electron chi connectivity index (χ1n) is 3.02. The van der Waals surface area contributed by atoms with Crippen molar-refractivity contribution in [3.05, 3.63) is 29.8 Å². The van der Waals surface area contributed by atoms with Gasteiger partial charge in [0.05, 0.1) is 5.56 Å². The molecule has 0 aliphatic rings. The SMILES string of the molecule is O.O=C(O)c1cccc(OOCl)c1. The summed E-state index contributed by atoms with van der Waals surface area (Å²) >= 11 is 4.80. The lowest BCUT2D eigenvalue weighted by atomic mass is 10.2. The van der Waals surface area contributed by atoms with Crippen LogP contribution in [0, 0.1) is 0 Å². The second kappa shape index (κ2) is 5.36. The van der Waals surface area contributed by atoms with Gasteiger partial charge in [0.2, 0.25) is 0 Å². The molecule has 5 nitrogen and oxygen atoms in total. The highest BCUT2D eigenvalue weighted by Gasteiger charge is 2.03. The van der Waals surface area contributed by atoms with Crippen molar-refractivity contribution in [2.24, 2.45) is 0 Å². The van der Waals surface area contributed by atoms with E-state index in [1.807, 2.05) is 0 Å². The number of hydrogen-bond acceptors (Lipinski definition) is 3. The zero-order chi connectivity index (χ0) is 8.97. The summed E-state index contributed by atoms with van der Waals surface area (Å²) in [5, 5.41) is 8.55. The van der Waals surface area contributed by atoms with E-state index in [0.717, 1.165) is 0 Å². The zero-order valence-corrected chi connectivity index (χ0v) is 7.12. The molecule has 0 atom stereocenters. The average molecular weight is 207 g/mol. The Hall–Kier alpha value is -1.30. The highest BCUT2D eigenvalue weighted by molar-refractivity contribution is 6.06. The molecule has 0 aliphatic carbocycles. The molecule has 72 valence electrons. The lowest BCUT2D eigenvalue weighted by molar-refractivity contribution is -0.0919. The van der Waals surface area contributed by atoms with Crippen molar-refractivity contribution >= 4 is 17.8 Å². The van der Waals surface area contributed by atoms with Crippen molar-refractivity contribution in [2.75, 3.05) is 0 Å². The fourth-order valence-corrected chi connectivity index (χ4v) is 0.790.